The van der Waals surface area contributed by atoms with Crippen molar-refractivity contribution < 1.29 is 9.52 Å². The zero-order valence-corrected chi connectivity index (χ0v) is 12.2. The fraction of sp³-hybridized carbons (Fsp3) is 0.118. The van der Waals surface area contributed by atoms with Gasteiger partial charge in [-0.05, 0) is 37.3 Å². The Kier molecular flexibility index (Phi) is 2.63. The van der Waals surface area contributed by atoms with Crippen LogP contribution < -0.4 is 0 Å². The zero-order valence-electron chi connectivity index (χ0n) is 12.2. The summed E-state index contributed by atoms with van der Waals surface area (Å²) >= 11 is 0. The third-order valence-electron chi connectivity index (χ3n) is 3.73. The molecule has 0 fully saturated rings. The molecule has 0 radical (unpaired) electrons. The van der Waals surface area contributed by atoms with Crippen LogP contribution in [0.25, 0.3) is 33.4 Å². The number of aromatic nitrogens is 3. The molecule has 0 unspecified atom stereocenters. The maximum absolute atomic E-state index is 10.5. The number of rotatable bonds is 1. The molecule has 5 heteroatoms. The third kappa shape index (κ3) is 1.83. The lowest BCUT2D eigenvalue weighted by molar-refractivity contribution is 0.473. The summed E-state index contributed by atoms with van der Waals surface area (Å²) in [6.07, 6.45) is 1.73. The Morgan fingerprint density at radius 3 is 2.77 bits per heavy atom. The average Bonchev–Trinajstić information content (AvgIpc) is 2.91. The maximum atomic E-state index is 10.5. The standard InChI is InChI=1S/C17H13N3O2/c1-9-16-15(22-10(2)19-16)8-11(17(9)21)12-5-6-13-14(20-12)4-3-7-18-13/h3-8,21H,1-2H3. The molecule has 0 spiro atoms. The summed E-state index contributed by atoms with van der Waals surface area (Å²) in [7, 11) is 0. The minimum atomic E-state index is 0.177. The number of nitrogens with zero attached hydrogens (tertiary/aromatic N) is 3. The van der Waals surface area contributed by atoms with Crippen molar-refractivity contribution in [2.75, 3.05) is 0 Å². The molecule has 4 rings (SSSR count). The van der Waals surface area contributed by atoms with Crippen LogP contribution in [-0.2, 0) is 0 Å². The van der Waals surface area contributed by atoms with Crippen LogP contribution in [0.2, 0.25) is 0 Å². The van der Waals surface area contributed by atoms with E-state index >= 15 is 0 Å². The van der Waals surface area contributed by atoms with Crippen LogP contribution in [-0.4, -0.2) is 20.1 Å². The first-order valence-corrected chi connectivity index (χ1v) is 6.95. The van der Waals surface area contributed by atoms with Crippen LogP contribution in [0, 0.1) is 13.8 Å². The Bertz CT molecular complexity index is 1020. The molecule has 0 atom stereocenters. The Morgan fingerprint density at radius 1 is 1.05 bits per heavy atom. The Hall–Kier alpha value is -2.95. The highest BCUT2D eigenvalue weighted by Gasteiger charge is 2.16. The van der Waals surface area contributed by atoms with E-state index < -0.39 is 0 Å². The van der Waals surface area contributed by atoms with E-state index in [-0.39, 0.29) is 5.75 Å². The lowest BCUT2D eigenvalue weighted by Gasteiger charge is -2.08. The molecule has 108 valence electrons. The van der Waals surface area contributed by atoms with Crippen molar-refractivity contribution in [1.29, 1.82) is 0 Å². The first kappa shape index (κ1) is 12.8. The lowest BCUT2D eigenvalue weighted by atomic mass is 10.0. The van der Waals surface area contributed by atoms with Crippen molar-refractivity contribution in [3.05, 3.63) is 48.0 Å². The second-order valence-electron chi connectivity index (χ2n) is 5.22. The SMILES string of the molecule is Cc1nc2c(C)c(O)c(-c3ccc4ncccc4n3)cc2o1. The normalized spacial score (nSPS) is 11.4. The monoisotopic (exact) mass is 291 g/mol. The first-order chi connectivity index (χ1) is 10.6. The summed E-state index contributed by atoms with van der Waals surface area (Å²) in [5, 5.41) is 10.5. The summed E-state index contributed by atoms with van der Waals surface area (Å²) in [5.74, 6) is 0.752. The van der Waals surface area contributed by atoms with Gasteiger partial charge in [0.25, 0.3) is 0 Å². The van der Waals surface area contributed by atoms with E-state index in [0.717, 1.165) is 11.0 Å². The van der Waals surface area contributed by atoms with E-state index in [4.69, 9.17) is 4.42 Å². The number of pyridine rings is 2. The highest BCUT2D eigenvalue weighted by Crippen LogP contribution is 2.36. The van der Waals surface area contributed by atoms with E-state index in [1.54, 1.807) is 19.2 Å². The number of aryl methyl sites for hydroxylation is 2. The van der Waals surface area contributed by atoms with Crippen molar-refractivity contribution in [3.8, 4) is 17.0 Å². The van der Waals surface area contributed by atoms with Gasteiger partial charge in [0, 0.05) is 24.2 Å². The molecule has 5 nitrogen and oxygen atoms in total. The van der Waals surface area contributed by atoms with Crippen molar-refractivity contribution in [3.63, 3.8) is 0 Å². The molecule has 3 heterocycles. The van der Waals surface area contributed by atoms with E-state index in [1.807, 2.05) is 31.2 Å². The topological polar surface area (TPSA) is 72.0 Å². The number of hydrogen-bond acceptors (Lipinski definition) is 5. The molecule has 0 saturated heterocycles. The first-order valence-electron chi connectivity index (χ1n) is 6.95. The number of aromatic hydroxyl groups is 1. The van der Waals surface area contributed by atoms with Gasteiger partial charge in [-0.2, -0.15) is 0 Å². The van der Waals surface area contributed by atoms with Gasteiger partial charge < -0.3 is 9.52 Å². The molecule has 0 amide bonds. The second-order valence-corrected chi connectivity index (χ2v) is 5.22. The number of fused-ring (bicyclic) bond motifs is 2. The molecular formula is C17H13N3O2. The molecule has 4 aromatic rings. The van der Waals surface area contributed by atoms with E-state index in [1.165, 1.54) is 0 Å². The maximum Gasteiger partial charge on any atom is 0.192 e. The van der Waals surface area contributed by atoms with Gasteiger partial charge in [-0.1, -0.05) is 0 Å². The van der Waals surface area contributed by atoms with Gasteiger partial charge >= 0.3 is 0 Å². The van der Waals surface area contributed by atoms with Gasteiger partial charge in [0.1, 0.15) is 11.3 Å². The molecule has 0 aliphatic rings. The number of oxazole rings is 1. The number of hydrogen-bond donors (Lipinski definition) is 1. The fourth-order valence-corrected chi connectivity index (χ4v) is 2.63. The minimum absolute atomic E-state index is 0.177. The van der Waals surface area contributed by atoms with Crippen LogP contribution >= 0.6 is 0 Å². The number of phenolic OH excluding ortho intramolecular Hbond substituents is 1. The third-order valence-corrected chi connectivity index (χ3v) is 3.73. The van der Waals surface area contributed by atoms with Crippen molar-refractivity contribution in [2.45, 2.75) is 13.8 Å². The van der Waals surface area contributed by atoms with Gasteiger partial charge in [0.15, 0.2) is 11.5 Å². The van der Waals surface area contributed by atoms with E-state index in [9.17, 15) is 5.11 Å². The van der Waals surface area contributed by atoms with Gasteiger partial charge in [0.05, 0.1) is 16.7 Å². The van der Waals surface area contributed by atoms with Gasteiger partial charge in [-0.15, -0.1) is 0 Å². The fourth-order valence-electron chi connectivity index (χ4n) is 2.63. The molecular weight excluding hydrogens is 278 g/mol. The molecule has 3 aromatic heterocycles. The summed E-state index contributed by atoms with van der Waals surface area (Å²) in [6, 6.07) is 9.25. The van der Waals surface area contributed by atoms with Crippen LogP contribution in [0.5, 0.6) is 5.75 Å². The highest BCUT2D eigenvalue weighted by molar-refractivity contribution is 5.88. The number of phenols is 1. The van der Waals surface area contributed by atoms with Gasteiger partial charge in [0.2, 0.25) is 0 Å². The van der Waals surface area contributed by atoms with Crippen LogP contribution in [0.15, 0.2) is 40.9 Å². The largest absolute Gasteiger partial charge is 0.507 e. The summed E-state index contributed by atoms with van der Waals surface area (Å²) in [6.45, 7) is 3.61. The summed E-state index contributed by atoms with van der Waals surface area (Å²) in [5.41, 5.74) is 4.93. The van der Waals surface area contributed by atoms with Crippen molar-refractivity contribution >= 4 is 22.1 Å². The molecule has 0 saturated carbocycles. The lowest BCUT2D eigenvalue weighted by Crippen LogP contribution is -1.89. The molecule has 1 aromatic carbocycles. The van der Waals surface area contributed by atoms with Crippen LogP contribution in [0.3, 0.4) is 0 Å². The van der Waals surface area contributed by atoms with Gasteiger partial charge in [-0.3, -0.25) is 4.98 Å². The zero-order chi connectivity index (χ0) is 15.3. The summed E-state index contributed by atoms with van der Waals surface area (Å²) < 4.78 is 5.59. The van der Waals surface area contributed by atoms with Crippen molar-refractivity contribution in [1.82, 2.24) is 15.0 Å². The molecule has 0 bridgehead atoms. The molecule has 0 aliphatic heterocycles. The Balaban J connectivity index is 2.00. The molecule has 22 heavy (non-hydrogen) atoms. The second kappa shape index (κ2) is 4.53. The van der Waals surface area contributed by atoms with Gasteiger partial charge in [-0.25, -0.2) is 9.97 Å². The van der Waals surface area contributed by atoms with Crippen LogP contribution in [0.4, 0.5) is 0 Å². The Labute approximate surface area is 126 Å². The smallest absolute Gasteiger partial charge is 0.192 e. The minimum Gasteiger partial charge on any atom is -0.507 e. The summed E-state index contributed by atoms with van der Waals surface area (Å²) in [4.78, 5) is 13.1. The highest BCUT2D eigenvalue weighted by atomic mass is 16.3. The molecule has 0 aliphatic carbocycles. The Morgan fingerprint density at radius 2 is 1.91 bits per heavy atom. The van der Waals surface area contributed by atoms with Crippen LogP contribution in [0.1, 0.15) is 11.5 Å². The van der Waals surface area contributed by atoms with Crippen molar-refractivity contribution in [2.24, 2.45) is 0 Å². The predicted molar refractivity (Wildman–Crippen MR) is 83.7 cm³/mol. The van der Waals surface area contributed by atoms with E-state index in [2.05, 4.69) is 15.0 Å². The van der Waals surface area contributed by atoms with E-state index in [0.29, 0.717) is 33.8 Å². The average molecular weight is 291 g/mol. The molecule has 1 N–H and O–H groups in total. The predicted octanol–water partition coefficient (Wildman–Crippen LogP) is 3.76. The number of benzene rings is 1. The quantitative estimate of drug-likeness (QED) is 0.578.